The van der Waals surface area contributed by atoms with E-state index in [0.29, 0.717) is 22.7 Å². The lowest BCUT2D eigenvalue weighted by molar-refractivity contribution is -0.114. The smallest absolute Gasteiger partial charge is 0.243 e. The largest absolute Gasteiger partial charge is 0.454 e. The minimum absolute atomic E-state index is 0.0931. The summed E-state index contributed by atoms with van der Waals surface area (Å²) < 4.78 is 10.5. The van der Waals surface area contributed by atoms with E-state index >= 15 is 0 Å². The molecular weight excluding hydrogens is 296 g/mol. The number of benzene rings is 2. The minimum atomic E-state index is -0.254. The molecule has 1 heterocycles. The second-order valence-electron chi connectivity index (χ2n) is 5.07. The number of carbonyl (C=O) groups is 2. The summed E-state index contributed by atoms with van der Waals surface area (Å²) in [5, 5.41) is 5.75. The Morgan fingerprint density at radius 1 is 1.09 bits per heavy atom. The van der Waals surface area contributed by atoms with Gasteiger partial charge in [0.1, 0.15) is 0 Å². The molecule has 2 N–H and O–H groups in total. The number of hydrogen-bond acceptors (Lipinski definition) is 5. The van der Waals surface area contributed by atoms with Crippen molar-refractivity contribution in [2.24, 2.45) is 0 Å². The summed E-state index contributed by atoms with van der Waals surface area (Å²) in [5.41, 5.74) is 1.66. The first-order valence-corrected chi connectivity index (χ1v) is 7.17. The lowest BCUT2D eigenvalue weighted by atomic mass is 10.1. The lowest BCUT2D eigenvalue weighted by Crippen LogP contribution is -2.22. The normalized spacial score (nSPS) is 11.9. The fourth-order valence-electron chi connectivity index (χ4n) is 2.27. The SMILES string of the molecule is CC(=O)c1cc2c(cc1NC(=O)CNc1ccccc1)OCO2. The number of ether oxygens (including phenoxy) is 2. The third-order valence-corrected chi connectivity index (χ3v) is 3.39. The van der Waals surface area contributed by atoms with Gasteiger partial charge in [0.25, 0.3) is 0 Å². The Kier molecular flexibility index (Phi) is 4.14. The zero-order valence-corrected chi connectivity index (χ0v) is 12.6. The van der Waals surface area contributed by atoms with Gasteiger partial charge in [-0.2, -0.15) is 0 Å². The Balaban J connectivity index is 1.71. The summed E-state index contributed by atoms with van der Waals surface area (Å²) in [7, 11) is 0. The Labute approximate surface area is 133 Å². The van der Waals surface area contributed by atoms with Crippen LogP contribution in [0.3, 0.4) is 0 Å². The van der Waals surface area contributed by atoms with Crippen molar-refractivity contribution in [3.05, 3.63) is 48.0 Å². The van der Waals surface area contributed by atoms with Crippen LogP contribution in [0.4, 0.5) is 11.4 Å². The van der Waals surface area contributed by atoms with Crippen LogP contribution in [-0.2, 0) is 4.79 Å². The molecule has 0 aliphatic carbocycles. The van der Waals surface area contributed by atoms with Gasteiger partial charge in [0.15, 0.2) is 17.3 Å². The zero-order valence-electron chi connectivity index (χ0n) is 12.6. The van der Waals surface area contributed by atoms with E-state index in [1.807, 2.05) is 30.3 Å². The van der Waals surface area contributed by atoms with E-state index < -0.39 is 0 Å². The standard InChI is InChI=1S/C17H16N2O4/c1-11(20)13-7-15-16(23-10-22-15)8-14(13)19-17(21)9-18-12-5-3-2-4-6-12/h2-8,18H,9-10H2,1H3,(H,19,21). The molecule has 118 valence electrons. The molecule has 1 aliphatic heterocycles. The highest BCUT2D eigenvalue weighted by Crippen LogP contribution is 2.37. The van der Waals surface area contributed by atoms with E-state index in [-0.39, 0.29) is 25.0 Å². The molecule has 3 rings (SSSR count). The quantitative estimate of drug-likeness (QED) is 0.830. The summed E-state index contributed by atoms with van der Waals surface area (Å²) in [6, 6.07) is 12.6. The van der Waals surface area contributed by atoms with Crippen LogP contribution in [0.25, 0.3) is 0 Å². The van der Waals surface area contributed by atoms with E-state index in [2.05, 4.69) is 10.6 Å². The maximum Gasteiger partial charge on any atom is 0.243 e. The summed E-state index contributed by atoms with van der Waals surface area (Å²) in [5.74, 6) is 0.613. The third kappa shape index (κ3) is 3.42. The van der Waals surface area contributed by atoms with Crippen molar-refractivity contribution in [3.63, 3.8) is 0 Å². The summed E-state index contributed by atoms with van der Waals surface area (Å²) in [4.78, 5) is 23.9. The molecule has 0 unspecified atom stereocenters. The first kappa shape index (κ1) is 14.9. The molecule has 6 heteroatoms. The van der Waals surface area contributed by atoms with Gasteiger partial charge in [-0.3, -0.25) is 9.59 Å². The molecule has 0 atom stereocenters. The highest BCUT2D eigenvalue weighted by molar-refractivity contribution is 6.05. The Bertz CT molecular complexity index is 744. The van der Waals surface area contributed by atoms with Crippen molar-refractivity contribution in [1.29, 1.82) is 0 Å². The molecule has 0 saturated carbocycles. The molecular formula is C17H16N2O4. The van der Waals surface area contributed by atoms with E-state index in [1.165, 1.54) is 6.92 Å². The highest BCUT2D eigenvalue weighted by Gasteiger charge is 2.20. The second-order valence-corrected chi connectivity index (χ2v) is 5.07. The fraction of sp³-hybridized carbons (Fsp3) is 0.176. The van der Waals surface area contributed by atoms with E-state index in [1.54, 1.807) is 12.1 Å². The predicted octanol–water partition coefficient (Wildman–Crippen LogP) is 2.67. The average Bonchev–Trinajstić information content (AvgIpc) is 3.00. The number of Topliss-reactive ketones (excluding diaryl/α,β-unsaturated/α-hetero) is 1. The van der Waals surface area contributed by atoms with Gasteiger partial charge in [-0.15, -0.1) is 0 Å². The molecule has 0 saturated heterocycles. The van der Waals surface area contributed by atoms with Gasteiger partial charge in [0.2, 0.25) is 12.7 Å². The average molecular weight is 312 g/mol. The van der Waals surface area contributed by atoms with Crippen LogP contribution in [0.1, 0.15) is 17.3 Å². The first-order valence-electron chi connectivity index (χ1n) is 7.17. The molecule has 0 aromatic heterocycles. The molecule has 0 spiro atoms. The topological polar surface area (TPSA) is 76.7 Å². The number of anilines is 2. The molecule has 6 nitrogen and oxygen atoms in total. The number of rotatable bonds is 5. The number of fused-ring (bicyclic) bond motifs is 1. The minimum Gasteiger partial charge on any atom is -0.454 e. The molecule has 2 aromatic rings. The van der Waals surface area contributed by atoms with Crippen LogP contribution >= 0.6 is 0 Å². The molecule has 2 aromatic carbocycles. The Hall–Kier alpha value is -3.02. The number of nitrogens with one attached hydrogen (secondary N) is 2. The van der Waals surface area contributed by atoms with E-state index in [4.69, 9.17) is 9.47 Å². The Morgan fingerprint density at radius 3 is 2.48 bits per heavy atom. The molecule has 0 bridgehead atoms. The van der Waals surface area contributed by atoms with Crippen molar-refractivity contribution in [1.82, 2.24) is 0 Å². The monoisotopic (exact) mass is 312 g/mol. The van der Waals surface area contributed by atoms with Gasteiger partial charge in [-0.1, -0.05) is 18.2 Å². The van der Waals surface area contributed by atoms with Crippen LogP contribution < -0.4 is 20.1 Å². The highest BCUT2D eigenvalue weighted by atomic mass is 16.7. The molecule has 0 fully saturated rings. The number of carbonyl (C=O) groups excluding carboxylic acids is 2. The van der Waals surface area contributed by atoms with Crippen molar-refractivity contribution in [2.45, 2.75) is 6.92 Å². The summed E-state index contributed by atoms with van der Waals surface area (Å²) in [6.07, 6.45) is 0. The maximum absolute atomic E-state index is 12.1. The van der Waals surface area contributed by atoms with Crippen molar-refractivity contribution < 1.29 is 19.1 Å². The van der Waals surface area contributed by atoms with Crippen LogP contribution in [0, 0.1) is 0 Å². The zero-order chi connectivity index (χ0) is 16.2. The second kappa shape index (κ2) is 6.39. The van der Waals surface area contributed by atoms with Gasteiger partial charge < -0.3 is 20.1 Å². The first-order chi connectivity index (χ1) is 11.1. The molecule has 1 aliphatic rings. The number of para-hydroxylation sites is 1. The fourth-order valence-corrected chi connectivity index (χ4v) is 2.27. The van der Waals surface area contributed by atoms with E-state index in [9.17, 15) is 9.59 Å². The van der Waals surface area contributed by atoms with Gasteiger partial charge in [0, 0.05) is 17.3 Å². The van der Waals surface area contributed by atoms with Gasteiger partial charge in [0.05, 0.1) is 12.2 Å². The maximum atomic E-state index is 12.1. The molecule has 1 amide bonds. The predicted molar refractivity (Wildman–Crippen MR) is 86.1 cm³/mol. The van der Waals surface area contributed by atoms with Gasteiger partial charge in [-0.05, 0) is 25.1 Å². The number of hydrogen-bond donors (Lipinski definition) is 2. The van der Waals surface area contributed by atoms with Crippen LogP contribution in [0.15, 0.2) is 42.5 Å². The number of ketones is 1. The lowest BCUT2D eigenvalue weighted by Gasteiger charge is -2.11. The van der Waals surface area contributed by atoms with Crippen molar-refractivity contribution in [2.75, 3.05) is 24.0 Å². The van der Waals surface area contributed by atoms with Gasteiger partial charge in [-0.25, -0.2) is 0 Å². The number of amides is 1. The third-order valence-electron chi connectivity index (χ3n) is 3.39. The van der Waals surface area contributed by atoms with Crippen LogP contribution in [-0.4, -0.2) is 25.0 Å². The van der Waals surface area contributed by atoms with E-state index in [0.717, 1.165) is 5.69 Å². The molecule has 23 heavy (non-hydrogen) atoms. The van der Waals surface area contributed by atoms with Crippen molar-refractivity contribution in [3.8, 4) is 11.5 Å². The van der Waals surface area contributed by atoms with Crippen molar-refractivity contribution >= 4 is 23.1 Å². The van der Waals surface area contributed by atoms with Crippen LogP contribution in [0.2, 0.25) is 0 Å². The van der Waals surface area contributed by atoms with Crippen LogP contribution in [0.5, 0.6) is 11.5 Å². The summed E-state index contributed by atoms with van der Waals surface area (Å²) >= 11 is 0. The van der Waals surface area contributed by atoms with Gasteiger partial charge >= 0.3 is 0 Å². The Morgan fingerprint density at radius 2 is 1.78 bits per heavy atom. The molecule has 0 radical (unpaired) electrons. The summed E-state index contributed by atoms with van der Waals surface area (Å²) in [6.45, 7) is 1.64.